The van der Waals surface area contributed by atoms with Crippen molar-refractivity contribution in [3.05, 3.63) is 94.6 Å². The minimum atomic E-state index is -0.573. The van der Waals surface area contributed by atoms with Crippen LogP contribution < -0.4 is 5.32 Å². The maximum absolute atomic E-state index is 12.6. The van der Waals surface area contributed by atoms with Gasteiger partial charge in [-0.25, -0.2) is 4.98 Å². The topological polar surface area (TPSA) is 59.1 Å². The average molecular weight is 511 g/mol. The standard InChI is InChI=1S/C20H14BrClN2O2.BrH/c21-18(19(25)15-7-4-8-16(22)11-15)14-9-10-23-17(12-14)24-20(26)13-5-2-1-3-6-13;/h1-12,18H,(H,23,24,26);1H. The maximum atomic E-state index is 12.6. The van der Waals surface area contributed by atoms with Gasteiger partial charge in [-0.1, -0.05) is 57.9 Å². The first kappa shape index (κ1) is 21.3. The molecule has 1 amide bonds. The Kier molecular flexibility index (Phi) is 7.71. The van der Waals surface area contributed by atoms with Crippen LogP contribution in [0.25, 0.3) is 0 Å². The molecule has 0 aliphatic rings. The Morgan fingerprint density at radius 2 is 1.67 bits per heavy atom. The molecule has 3 rings (SSSR count). The molecule has 1 heterocycles. The van der Waals surface area contributed by atoms with Crippen LogP contribution in [-0.2, 0) is 0 Å². The predicted octanol–water partition coefficient (Wildman–Crippen LogP) is 5.88. The van der Waals surface area contributed by atoms with Gasteiger partial charge in [-0.05, 0) is 42.0 Å². The number of Topliss-reactive ketones (excluding diaryl/α,β-unsaturated/α-hetero) is 1. The lowest BCUT2D eigenvalue weighted by Gasteiger charge is -2.11. The third-order valence-corrected chi connectivity index (χ3v) is 4.87. The zero-order chi connectivity index (χ0) is 18.5. The van der Waals surface area contributed by atoms with Crippen molar-refractivity contribution < 1.29 is 9.59 Å². The minimum Gasteiger partial charge on any atom is -0.307 e. The summed E-state index contributed by atoms with van der Waals surface area (Å²) < 4.78 is 0. The highest BCUT2D eigenvalue weighted by Crippen LogP contribution is 2.29. The van der Waals surface area contributed by atoms with Crippen LogP contribution in [0.5, 0.6) is 0 Å². The summed E-state index contributed by atoms with van der Waals surface area (Å²) in [4.78, 5) is 28.5. The molecule has 0 bridgehead atoms. The SMILES string of the molecule is Br.O=C(Nc1cc(C(Br)C(=O)c2cccc(Cl)c2)ccn1)c1ccccc1. The molecule has 1 unspecified atom stereocenters. The summed E-state index contributed by atoms with van der Waals surface area (Å²) in [6, 6.07) is 19.0. The van der Waals surface area contributed by atoms with Gasteiger partial charge in [-0.2, -0.15) is 0 Å². The van der Waals surface area contributed by atoms with E-state index in [2.05, 4.69) is 26.2 Å². The number of rotatable bonds is 5. The van der Waals surface area contributed by atoms with Crippen molar-refractivity contribution in [3.8, 4) is 0 Å². The summed E-state index contributed by atoms with van der Waals surface area (Å²) >= 11 is 9.38. The molecule has 1 N–H and O–H groups in total. The average Bonchev–Trinajstić information content (AvgIpc) is 2.67. The van der Waals surface area contributed by atoms with Gasteiger partial charge < -0.3 is 5.32 Å². The highest BCUT2D eigenvalue weighted by molar-refractivity contribution is 9.09. The number of hydrogen-bond acceptors (Lipinski definition) is 3. The Balaban J connectivity index is 0.00000261. The Hall–Kier alpha value is -2.02. The first-order valence-corrected chi connectivity index (χ1v) is 9.10. The molecule has 7 heteroatoms. The normalized spacial score (nSPS) is 11.2. The molecule has 4 nitrogen and oxygen atoms in total. The summed E-state index contributed by atoms with van der Waals surface area (Å²) in [5.41, 5.74) is 1.73. The number of alkyl halides is 1. The number of aromatic nitrogens is 1. The van der Waals surface area contributed by atoms with Crippen LogP contribution in [0.3, 0.4) is 0 Å². The summed E-state index contributed by atoms with van der Waals surface area (Å²) in [5.74, 6) is -0.0127. The predicted molar refractivity (Wildman–Crippen MR) is 116 cm³/mol. The molecule has 0 aliphatic carbocycles. The second kappa shape index (κ2) is 9.78. The zero-order valence-corrected chi connectivity index (χ0v) is 18.0. The summed E-state index contributed by atoms with van der Waals surface area (Å²) in [7, 11) is 0. The van der Waals surface area contributed by atoms with E-state index < -0.39 is 4.83 Å². The number of pyridine rings is 1. The van der Waals surface area contributed by atoms with E-state index in [4.69, 9.17) is 11.6 Å². The van der Waals surface area contributed by atoms with Crippen LogP contribution in [-0.4, -0.2) is 16.7 Å². The van der Waals surface area contributed by atoms with Crippen LogP contribution in [0.15, 0.2) is 72.9 Å². The second-order valence-electron chi connectivity index (χ2n) is 5.53. The van der Waals surface area contributed by atoms with Crippen LogP contribution in [0.1, 0.15) is 31.1 Å². The largest absolute Gasteiger partial charge is 0.307 e. The molecule has 1 atom stereocenters. The molecule has 0 aliphatic heterocycles. The molecule has 0 saturated carbocycles. The fraction of sp³-hybridized carbons (Fsp3) is 0.0500. The number of carbonyl (C=O) groups is 2. The highest BCUT2D eigenvalue weighted by atomic mass is 79.9. The lowest BCUT2D eigenvalue weighted by molar-refractivity contribution is 0.0990. The number of hydrogen-bond donors (Lipinski definition) is 1. The van der Waals surface area contributed by atoms with Crippen LogP contribution in [0.2, 0.25) is 5.02 Å². The molecule has 0 saturated heterocycles. The lowest BCUT2D eigenvalue weighted by atomic mass is 10.0. The van der Waals surface area contributed by atoms with Gasteiger partial charge in [-0.15, -0.1) is 17.0 Å². The highest BCUT2D eigenvalue weighted by Gasteiger charge is 2.20. The molecule has 3 aromatic rings. The Morgan fingerprint density at radius 1 is 0.963 bits per heavy atom. The fourth-order valence-electron chi connectivity index (χ4n) is 2.39. The molecular weight excluding hydrogens is 495 g/mol. The van der Waals surface area contributed by atoms with Crippen molar-refractivity contribution in [1.82, 2.24) is 4.98 Å². The van der Waals surface area contributed by atoms with Crippen LogP contribution in [0.4, 0.5) is 5.82 Å². The molecule has 0 fully saturated rings. The third-order valence-electron chi connectivity index (χ3n) is 3.69. The van der Waals surface area contributed by atoms with E-state index in [0.29, 0.717) is 27.5 Å². The van der Waals surface area contributed by atoms with E-state index in [1.165, 1.54) is 0 Å². The molecule has 0 spiro atoms. The zero-order valence-electron chi connectivity index (χ0n) is 13.9. The Labute approximate surface area is 180 Å². The Morgan fingerprint density at radius 3 is 2.37 bits per heavy atom. The van der Waals surface area contributed by atoms with Gasteiger partial charge in [0.1, 0.15) is 10.6 Å². The third kappa shape index (κ3) is 5.48. The smallest absolute Gasteiger partial charge is 0.256 e. The maximum Gasteiger partial charge on any atom is 0.256 e. The first-order valence-electron chi connectivity index (χ1n) is 7.81. The van der Waals surface area contributed by atoms with Crippen LogP contribution in [0, 0.1) is 0 Å². The molecule has 2 aromatic carbocycles. The number of anilines is 1. The quantitative estimate of drug-likeness (QED) is 0.344. The van der Waals surface area contributed by atoms with E-state index in [1.54, 1.807) is 66.9 Å². The molecule has 0 radical (unpaired) electrons. The first-order chi connectivity index (χ1) is 12.5. The van der Waals surface area contributed by atoms with E-state index in [9.17, 15) is 9.59 Å². The molecule has 138 valence electrons. The van der Waals surface area contributed by atoms with Gasteiger partial charge in [0.25, 0.3) is 5.91 Å². The number of benzene rings is 2. The number of halogens is 3. The number of amides is 1. The summed E-state index contributed by atoms with van der Waals surface area (Å²) in [5, 5.41) is 3.24. The van der Waals surface area contributed by atoms with Gasteiger partial charge in [0, 0.05) is 22.3 Å². The fourth-order valence-corrected chi connectivity index (χ4v) is 3.13. The van der Waals surface area contributed by atoms with Crippen molar-refractivity contribution in [1.29, 1.82) is 0 Å². The number of nitrogens with one attached hydrogen (secondary N) is 1. The minimum absolute atomic E-state index is 0. The van der Waals surface area contributed by atoms with E-state index in [0.717, 1.165) is 0 Å². The van der Waals surface area contributed by atoms with E-state index >= 15 is 0 Å². The van der Waals surface area contributed by atoms with Crippen molar-refractivity contribution in [2.45, 2.75) is 4.83 Å². The number of carbonyl (C=O) groups excluding carboxylic acids is 2. The van der Waals surface area contributed by atoms with Crippen molar-refractivity contribution >= 4 is 62.0 Å². The molecule has 1 aromatic heterocycles. The van der Waals surface area contributed by atoms with Crippen molar-refractivity contribution in [3.63, 3.8) is 0 Å². The van der Waals surface area contributed by atoms with E-state index in [1.807, 2.05) is 6.07 Å². The second-order valence-corrected chi connectivity index (χ2v) is 6.88. The molecular formula is C20H15Br2ClN2O2. The van der Waals surface area contributed by atoms with Crippen LogP contribution >= 0.6 is 44.5 Å². The number of ketones is 1. The molecule has 27 heavy (non-hydrogen) atoms. The monoisotopic (exact) mass is 508 g/mol. The van der Waals surface area contributed by atoms with Crippen molar-refractivity contribution in [2.75, 3.05) is 5.32 Å². The van der Waals surface area contributed by atoms with Gasteiger partial charge >= 0.3 is 0 Å². The Bertz CT molecular complexity index is 951. The van der Waals surface area contributed by atoms with Crippen molar-refractivity contribution in [2.24, 2.45) is 0 Å². The summed E-state index contributed by atoms with van der Waals surface area (Å²) in [6.07, 6.45) is 1.55. The lowest BCUT2D eigenvalue weighted by Crippen LogP contribution is -2.13. The van der Waals surface area contributed by atoms with Gasteiger partial charge in [0.15, 0.2) is 5.78 Å². The van der Waals surface area contributed by atoms with Gasteiger partial charge in [0.2, 0.25) is 0 Å². The number of nitrogens with zero attached hydrogens (tertiary/aromatic N) is 1. The van der Waals surface area contributed by atoms with Gasteiger partial charge in [0.05, 0.1) is 0 Å². The summed E-state index contributed by atoms with van der Waals surface area (Å²) in [6.45, 7) is 0. The van der Waals surface area contributed by atoms with Gasteiger partial charge in [-0.3, -0.25) is 9.59 Å². The van der Waals surface area contributed by atoms with E-state index in [-0.39, 0.29) is 28.7 Å².